The molecule has 33 heavy (non-hydrogen) atoms. The standard InChI is InChI=1S/C24H25N3O5S/c1-30-19-13-17(14-20(31-2)21(19)32-15-16-7-4-3-5-8-16)23(29)27-11-6-9-18(27)22(28)26-24-25-10-12-33-24/h3-5,7-8,10,12-14,18H,6,9,11,15H2,1-2H3,(H,25,26,28)/t18-/m0/s1. The van der Waals surface area contributed by atoms with Crippen molar-refractivity contribution in [2.24, 2.45) is 0 Å². The van der Waals surface area contributed by atoms with Gasteiger partial charge < -0.3 is 24.4 Å². The molecule has 1 aliphatic rings. The maximum Gasteiger partial charge on any atom is 0.254 e. The number of aromatic nitrogens is 1. The average Bonchev–Trinajstić information content (AvgIpc) is 3.54. The Kier molecular flexibility index (Phi) is 7.09. The Morgan fingerprint density at radius 2 is 1.88 bits per heavy atom. The molecule has 0 saturated carbocycles. The number of anilines is 1. The molecular weight excluding hydrogens is 442 g/mol. The molecule has 1 aromatic heterocycles. The Morgan fingerprint density at radius 3 is 2.52 bits per heavy atom. The fraction of sp³-hybridized carbons (Fsp3) is 0.292. The number of benzene rings is 2. The van der Waals surface area contributed by atoms with Crippen molar-refractivity contribution in [3.63, 3.8) is 0 Å². The molecular formula is C24H25N3O5S. The van der Waals surface area contributed by atoms with Crippen LogP contribution in [0.5, 0.6) is 17.2 Å². The smallest absolute Gasteiger partial charge is 0.254 e. The maximum atomic E-state index is 13.4. The molecule has 0 bridgehead atoms. The summed E-state index contributed by atoms with van der Waals surface area (Å²) in [6.45, 7) is 0.817. The Labute approximate surface area is 196 Å². The monoisotopic (exact) mass is 467 g/mol. The molecule has 1 N–H and O–H groups in total. The minimum Gasteiger partial charge on any atom is -0.493 e. The summed E-state index contributed by atoms with van der Waals surface area (Å²) in [4.78, 5) is 31.8. The van der Waals surface area contributed by atoms with Crippen LogP contribution < -0.4 is 19.5 Å². The molecule has 1 aliphatic heterocycles. The largest absolute Gasteiger partial charge is 0.493 e. The Morgan fingerprint density at radius 1 is 1.15 bits per heavy atom. The Bertz CT molecular complexity index is 1080. The summed E-state index contributed by atoms with van der Waals surface area (Å²) in [6, 6.07) is 12.4. The molecule has 1 atom stereocenters. The lowest BCUT2D eigenvalue weighted by molar-refractivity contribution is -0.119. The summed E-state index contributed by atoms with van der Waals surface area (Å²) < 4.78 is 17.0. The number of ether oxygens (including phenoxy) is 3. The highest BCUT2D eigenvalue weighted by Crippen LogP contribution is 2.40. The summed E-state index contributed by atoms with van der Waals surface area (Å²) in [7, 11) is 3.02. The number of hydrogen-bond donors (Lipinski definition) is 1. The normalized spacial score (nSPS) is 15.2. The van der Waals surface area contributed by atoms with E-state index in [0.29, 0.717) is 47.5 Å². The van der Waals surface area contributed by atoms with Gasteiger partial charge in [0.25, 0.3) is 5.91 Å². The van der Waals surface area contributed by atoms with Crippen molar-refractivity contribution in [3.05, 3.63) is 65.2 Å². The highest BCUT2D eigenvalue weighted by atomic mass is 32.1. The van der Waals surface area contributed by atoms with Crippen LogP contribution in [-0.2, 0) is 11.4 Å². The SMILES string of the molecule is COc1cc(C(=O)N2CCC[C@H]2C(=O)Nc2nccs2)cc(OC)c1OCc1ccccc1. The highest BCUT2D eigenvalue weighted by molar-refractivity contribution is 7.13. The topological polar surface area (TPSA) is 90.0 Å². The minimum absolute atomic E-state index is 0.238. The first kappa shape index (κ1) is 22.6. The Hall–Kier alpha value is -3.59. The van der Waals surface area contributed by atoms with Crippen LogP contribution >= 0.6 is 11.3 Å². The molecule has 0 spiro atoms. The highest BCUT2D eigenvalue weighted by Gasteiger charge is 2.35. The number of thiazole rings is 1. The van der Waals surface area contributed by atoms with Gasteiger partial charge in [0.1, 0.15) is 12.6 Å². The van der Waals surface area contributed by atoms with Gasteiger partial charge in [0.2, 0.25) is 11.7 Å². The molecule has 1 saturated heterocycles. The summed E-state index contributed by atoms with van der Waals surface area (Å²) in [6.07, 6.45) is 2.96. The summed E-state index contributed by atoms with van der Waals surface area (Å²) in [5.41, 5.74) is 1.36. The van der Waals surface area contributed by atoms with Gasteiger partial charge in [-0.3, -0.25) is 9.59 Å². The second-order valence-electron chi connectivity index (χ2n) is 7.47. The van der Waals surface area contributed by atoms with Crippen LogP contribution in [0.1, 0.15) is 28.8 Å². The van der Waals surface area contributed by atoms with Crippen LogP contribution in [0.4, 0.5) is 5.13 Å². The number of nitrogens with zero attached hydrogens (tertiary/aromatic N) is 2. The molecule has 0 aliphatic carbocycles. The van der Waals surface area contributed by atoms with Crippen molar-refractivity contribution in [2.45, 2.75) is 25.5 Å². The quantitative estimate of drug-likeness (QED) is 0.539. The third-order valence-corrected chi connectivity index (χ3v) is 6.10. The fourth-order valence-corrected chi connectivity index (χ4v) is 4.33. The molecule has 2 amide bonds. The van der Waals surface area contributed by atoms with Crippen molar-refractivity contribution in [3.8, 4) is 17.2 Å². The number of amides is 2. The Balaban J connectivity index is 1.54. The van der Waals surface area contributed by atoms with Crippen molar-refractivity contribution < 1.29 is 23.8 Å². The molecule has 8 nitrogen and oxygen atoms in total. The van der Waals surface area contributed by atoms with Gasteiger partial charge in [0, 0.05) is 23.7 Å². The molecule has 2 aromatic carbocycles. The van der Waals surface area contributed by atoms with Gasteiger partial charge >= 0.3 is 0 Å². The number of likely N-dealkylation sites (tertiary alicyclic amines) is 1. The molecule has 4 rings (SSSR count). The number of nitrogens with one attached hydrogen (secondary N) is 1. The zero-order chi connectivity index (χ0) is 23.2. The van der Waals surface area contributed by atoms with Gasteiger partial charge in [-0.25, -0.2) is 4.98 Å². The van der Waals surface area contributed by atoms with Crippen molar-refractivity contribution in [1.82, 2.24) is 9.88 Å². The third kappa shape index (κ3) is 5.09. The lowest BCUT2D eigenvalue weighted by Gasteiger charge is -2.24. The van der Waals surface area contributed by atoms with Crippen LogP contribution in [-0.4, -0.2) is 48.5 Å². The van der Waals surface area contributed by atoms with Gasteiger partial charge in [-0.15, -0.1) is 11.3 Å². The van der Waals surface area contributed by atoms with Gasteiger partial charge in [-0.1, -0.05) is 30.3 Å². The first-order chi connectivity index (χ1) is 16.1. The van der Waals surface area contributed by atoms with E-state index in [1.165, 1.54) is 25.6 Å². The molecule has 172 valence electrons. The van der Waals surface area contributed by atoms with E-state index in [0.717, 1.165) is 12.0 Å². The first-order valence-corrected chi connectivity index (χ1v) is 11.4. The third-order valence-electron chi connectivity index (χ3n) is 5.41. The minimum atomic E-state index is -0.563. The van der Waals surface area contributed by atoms with E-state index in [4.69, 9.17) is 14.2 Å². The number of methoxy groups -OCH3 is 2. The second kappa shape index (κ2) is 10.4. The fourth-order valence-electron chi connectivity index (χ4n) is 3.80. The molecule has 1 fully saturated rings. The van der Waals surface area contributed by atoms with Crippen LogP contribution in [0.2, 0.25) is 0 Å². The van der Waals surface area contributed by atoms with Gasteiger partial charge in [-0.05, 0) is 30.5 Å². The number of carbonyl (C=O) groups excluding carboxylic acids is 2. The van der Waals surface area contributed by atoms with Gasteiger partial charge in [0.05, 0.1) is 14.2 Å². The van der Waals surface area contributed by atoms with E-state index < -0.39 is 6.04 Å². The van der Waals surface area contributed by atoms with Crippen molar-refractivity contribution in [1.29, 1.82) is 0 Å². The van der Waals surface area contributed by atoms with Crippen molar-refractivity contribution in [2.75, 3.05) is 26.1 Å². The lowest BCUT2D eigenvalue weighted by atomic mass is 10.1. The molecule has 9 heteroatoms. The maximum absolute atomic E-state index is 13.4. The average molecular weight is 468 g/mol. The molecule has 3 aromatic rings. The van der Waals surface area contributed by atoms with Crippen LogP contribution in [0.25, 0.3) is 0 Å². The predicted molar refractivity (Wildman–Crippen MR) is 125 cm³/mol. The van der Waals surface area contributed by atoms with Crippen LogP contribution in [0.3, 0.4) is 0 Å². The summed E-state index contributed by atoms with van der Waals surface area (Å²) >= 11 is 1.34. The predicted octanol–water partition coefficient (Wildman–Crippen LogP) is 3.98. The van der Waals surface area contributed by atoms with E-state index >= 15 is 0 Å². The van der Waals surface area contributed by atoms with Crippen LogP contribution in [0, 0.1) is 0 Å². The van der Waals surface area contributed by atoms with Crippen LogP contribution in [0.15, 0.2) is 54.0 Å². The number of rotatable bonds is 8. The zero-order valence-electron chi connectivity index (χ0n) is 18.4. The molecule has 0 unspecified atom stereocenters. The molecule has 2 heterocycles. The number of hydrogen-bond acceptors (Lipinski definition) is 7. The van der Waals surface area contributed by atoms with E-state index in [2.05, 4.69) is 10.3 Å². The summed E-state index contributed by atoms with van der Waals surface area (Å²) in [5, 5.41) is 5.09. The van der Waals surface area contributed by atoms with Crippen molar-refractivity contribution >= 4 is 28.3 Å². The van der Waals surface area contributed by atoms with E-state index in [-0.39, 0.29) is 11.8 Å². The zero-order valence-corrected chi connectivity index (χ0v) is 19.3. The van der Waals surface area contributed by atoms with E-state index in [1.807, 2.05) is 30.3 Å². The lowest BCUT2D eigenvalue weighted by Crippen LogP contribution is -2.43. The van der Waals surface area contributed by atoms with E-state index in [1.54, 1.807) is 28.6 Å². The van der Waals surface area contributed by atoms with E-state index in [9.17, 15) is 9.59 Å². The van der Waals surface area contributed by atoms with Gasteiger partial charge in [-0.2, -0.15) is 0 Å². The van der Waals surface area contributed by atoms with Gasteiger partial charge in [0.15, 0.2) is 16.6 Å². The number of carbonyl (C=O) groups is 2. The molecule has 0 radical (unpaired) electrons. The second-order valence-corrected chi connectivity index (χ2v) is 8.36. The first-order valence-electron chi connectivity index (χ1n) is 10.5. The summed E-state index contributed by atoms with van der Waals surface area (Å²) in [5.74, 6) is 0.684.